The van der Waals surface area contributed by atoms with Gasteiger partial charge in [-0.05, 0) is 62.1 Å². The first-order chi connectivity index (χ1) is 16.4. The molecule has 1 heterocycles. The highest BCUT2D eigenvalue weighted by Crippen LogP contribution is 2.22. The van der Waals surface area contributed by atoms with E-state index in [4.69, 9.17) is 16.3 Å². The first kappa shape index (κ1) is 24.2. The van der Waals surface area contributed by atoms with Crippen molar-refractivity contribution in [2.75, 3.05) is 0 Å². The molecule has 1 fully saturated rings. The number of amides is 2. The smallest absolute Gasteiger partial charge is 0.271 e. The highest BCUT2D eigenvalue weighted by atomic mass is 35.5. The molecule has 0 unspecified atom stereocenters. The van der Waals surface area contributed by atoms with Crippen molar-refractivity contribution >= 4 is 34.8 Å². The van der Waals surface area contributed by atoms with E-state index >= 15 is 0 Å². The van der Waals surface area contributed by atoms with Crippen LogP contribution in [0.25, 0.3) is 0 Å². The topological polar surface area (TPSA) is 80.3 Å². The molecule has 34 heavy (non-hydrogen) atoms. The molecule has 1 aliphatic rings. The summed E-state index contributed by atoms with van der Waals surface area (Å²) in [6, 6.07) is 12.7. The summed E-state index contributed by atoms with van der Waals surface area (Å²) >= 11 is 7.57. The number of aromatic nitrogens is 1. The van der Waals surface area contributed by atoms with Gasteiger partial charge in [0.25, 0.3) is 11.8 Å². The number of nitrogens with one attached hydrogen (secondary N) is 2. The van der Waals surface area contributed by atoms with Crippen LogP contribution in [-0.2, 0) is 6.61 Å². The molecule has 1 aromatic heterocycles. The van der Waals surface area contributed by atoms with Gasteiger partial charge in [0.1, 0.15) is 23.1 Å². The maximum absolute atomic E-state index is 12.9. The lowest BCUT2D eigenvalue weighted by Gasteiger charge is -2.32. The second-order valence-electron chi connectivity index (χ2n) is 8.66. The molecule has 0 radical (unpaired) electrons. The fraction of sp³-hybridized carbons (Fsp3) is 0.346. The van der Waals surface area contributed by atoms with Crippen molar-refractivity contribution in [2.45, 2.75) is 58.2 Å². The third-order valence-corrected chi connectivity index (χ3v) is 7.01. The van der Waals surface area contributed by atoms with Crippen LogP contribution in [0.4, 0.5) is 0 Å². The Labute approximate surface area is 208 Å². The molecule has 0 spiro atoms. The Morgan fingerprint density at radius 3 is 2.35 bits per heavy atom. The van der Waals surface area contributed by atoms with Crippen LogP contribution in [0, 0.1) is 13.8 Å². The lowest BCUT2D eigenvalue weighted by atomic mass is 9.90. The van der Waals surface area contributed by atoms with E-state index in [1.54, 1.807) is 29.6 Å². The van der Waals surface area contributed by atoms with Gasteiger partial charge >= 0.3 is 0 Å². The molecule has 178 valence electrons. The minimum absolute atomic E-state index is 0.160. The van der Waals surface area contributed by atoms with Crippen LogP contribution in [0.5, 0.6) is 5.75 Å². The quantitative estimate of drug-likeness (QED) is 0.454. The van der Waals surface area contributed by atoms with E-state index in [1.807, 2.05) is 26.0 Å². The summed E-state index contributed by atoms with van der Waals surface area (Å²) in [4.78, 5) is 30.1. The molecule has 1 saturated carbocycles. The zero-order chi connectivity index (χ0) is 24.1. The molecular formula is C26H28ClN3O3S. The number of aryl methyl sites for hydroxylation is 2. The van der Waals surface area contributed by atoms with Gasteiger partial charge in [0, 0.05) is 17.5 Å². The highest BCUT2D eigenvalue weighted by molar-refractivity contribution is 7.09. The molecule has 8 heteroatoms. The number of hydrogen-bond donors (Lipinski definition) is 2. The fourth-order valence-corrected chi connectivity index (χ4v) is 5.16. The van der Waals surface area contributed by atoms with Gasteiger partial charge in [0.15, 0.2) is 0 Å². The number of halogens is 1. The molecule has 0 saturated heterocycles. The molecule has 2 aromatic carbocycles. The van der Waals surface area contributed by atoms with Crippen LogP contribution < -0.4 is 15.4 Å². The Bertz CT molecular complexity index is 1160. The summed E-state index contributed by atoms with van der Waals surface area (Å²) in [6.45, 7) is 4.36. The lowest BCUT2D eigenvalue weighted by molar-refractivity contribution is 0.0860. The number of hydrogen-bond acceptors (Lipinski definition) is 5. The third kappa shape index (κ3) is 6.15. The first-order valence-electron chi connectivity index (χ1n) is 11.4. The van der Waals surface area contributed by atoms with Crippen LogP contribution >= 0.6 is 22.9 Å². The average Bonchev–Trinajstić information content (AvgIpc) is 3.28. The predicted octanol–water partition coefficient (Wildman–Crippen LogP) is 5.46. The van der Waals surface area contributed by atoms with E-state index in [0.29, 0.717) is 22.9 Å². The minimum atomic E-state index is -0.238. The number of thiazole rings is 1. The number of carbonyl (C=O) groups is 2. The Hall–Kier alpha value is -2.90. The number of ether oxygens (including phenoxy) is 1. The Morgan fingerprint density at radius 2 is 1.68 bits per heavy atom. The highest BCUT2D eigenvalue weighted by Gasteiger charge is 2.29. The Kier molecular flexibility index (Phi) is 7.85. The standard InChI is InChI=1S/C26H28ClN3O3S/c1-16-11-17(2)13-18(12-16)33-14-24-28-23(15-34-24)26(32)30-22-10-6-5-9-21(22)29-25(31)19-7-3-4-8-20(19)27/h3-4,7-8,11-13,15,21-22H,5-6,9-10,14H2,1-2H3,(H,29,31)(H,30,32)/t21-,22+/m1/s1. The van der Waals surface area contributed by atoms with Crippen LogP contribution in [0.1, 0.15) is 62.7 Å². The van der Waals surface area contributed by atoms with Crippen molar-refractivity contribution in [3.8, 4) is 5.75 Å². The Balaban J connectivity index is 1.36. The van der Waals surface area contributed by atoms with Crippen molar-refractivity contribution in [3.63, 3.8) is 0 Å². The van der Waals surface area contributed by atoms with Crippen molar-refractivity contribution in [1.29, 1.82) is 0 Å². The maximum Gasteiger partial charge on any atom is 0.271 e. The van der Waals surface area contributed by atoms with E-state index in [2.05, 4.69) is 21.7 Å². The fourth-order valence-electron chi connectivity index (χ4n) is 4.25. The Morgan fingerprint density at radius 1 is 1.03 bits per heavy atom. The van der Waals surface area contributed by atoms with E-state index in [0.717, 1.165) is 47.6 Å². The summed E-state index contributed by atoms with van der Waals surface area (Å²) in [5.74, 6) is 0.326. The second-order valence-corrected chi connectivity index (χ2v) is 10.0. The second kappa shape index (κ2) is 11.0. The zero-order valence-corrected chi connectivity index (χ0v) is 20.8. The van der Waals surface area contributed by atoms with Crippen molar-refractivity contribution in [1.82, 2.24) is 15.6 Å². The molecule has 4 rings (SSSR count). The number of nitrogens with zero attached hydrogens (tertiary/aromatic N) is 1. The first-order valence-corrected chi connectivity index (χ1v) is 12.7. The van der Waals surface area contributed by atoms with Crippen molar-refractivity contribution < 1.29 is 14.3 Å². The van der Waals surface area contributed by atoms with Gasteiger partial charge in [0.2, 0.25) is 0 Å². The van der Waals surface area contributed by atoms with Gasteiger partial charge in [-0.1, -0.05) is 42.6 Å². The zero-order valence-electron chi connectivity index (χ0n) is 19.3. The largest absolute Gasteiger partial charge is 0.486 e. The van der Waals surface area contributed by atoms with Gasteiger partial charge in [-0.2, -0.15) is 0 Å². The molecular weight excluding hydrogens is 470 g/mol. The molecule has 2 amide bonds. The summed E-state index contributed by atoms with van der Waals surface area (Å²) in [7, 11) is 0. The van der Waals surface area contributed by atoms with Crippen LogP contribution in [-0.4, -0.2) is 28.9 Å². The monoisotopic (exact) mass is 497 g/mol. The van der Waals surface area contributed by atoms with E-state index in [1.165, 1.54) is 11.3 Å². The molecule has 0 aliphatic heterocycles. The van der Waals surface area contributed by atoms with Gasteiger partial charge < -0.3 is 15.4 Å². The van der Waals surface area contributed by atoms with Gasteiger partial charge in [-0.15, -0.1) is 11.3 Å². The summed E-state index contributed by atoms with van der Waals surface area (Å²) < 4.78 is 5.87. The van der Waals surface area contributed by atoms with Crippen molar-refractivity contribution in [3.05, 3.63) is 80.3 Å². The molecule has 1 aliphatic carbocycles. The third-order valence-electron chi connectivity index (χ3n) is 5.86. The van der Waals surface area contributed by atoms with Gasteiger partial charge in [0.05, 0.1) is 10.6 Å². The molecule has 3 aromatic rings. The molecule has 2 atom stereocenters. The summed E-state index contributed by atoms with van der Waals surface area (Å²) in [5.41, 5.74) is 3.08. The van der Waals surface area contributed by atoms with Crippen molar-refractivity contribution in [2.24, 2.45) is 0 Å². The maximum atomic E-state index is 12.9. The van der Waals surface area contributed by atoms with E-state index in [9.17, 15) is 9.59 Å². The average molecular weight is 498 g/mol. The predicted molar refractivity (Wildman–Crippen MR) is 135 cm³/mol. The van der Waals surface area contributed by atoms with E-state index in [-0.39, 0.29) is 23.9 Å². The number of carbonyl (C=O) groups excluding carboxylic acids is 2. The summed E-state index contributed by atoms with van der Waals surface area (Å²) in [5, 5.41) is 9.03. The number of rotatable bonds is 7. The summed E-state index contributed by atoms with van der Waals surface area (Å²) in [6.07, 6.45) is 3.59. The normalized spacial score (nSPS) is 17.7. The van der Waals surface area contributed by atoms with Gasteiger partial charge in [-0.3, -0.25) is 9.59 Å². The molecule has 2 N–H and O–H groups in total. The lowest BCUT2D eigenvalue weighted by Crippen LogP contribution is -2.53. The SMILES string of the molecule is Cc1cc(C)cc(OCc2nc(C(=O)N[C@H]3CCCC[C@H]3NC(=O)c3ccccc3Cl)cs2)c1. The van der Waals surface area contributed by atoms with Crippen LogP contribution in [0.15, 0.2) is 47.8 Å². The van der Waals surface area contributed by atoms with Crippen LogP contribution in [0.3, 0.4) is 0 Å². The molecule has 0 bridgehead atoms. The van der Waals surface area contributed by atoms with Crippen LogP contribution in [0.2, 0.25) is 5.02 Å². The minimum Gasteiger partial charge on any atom is -0.486 e. The molecule has 6 nitrogen and oxygen atoms in total. The van der Waals surface area contributed by atoms with Gasteiger partial charge in [-0.25, -0.2) is 4.98 Å². The van der Waals surface area contributed by atoms with E-state index < -0.39 is 0 Å². The number of benzene rings is 2.